The fourth-order valence-corrected chi connectivity index (χ4v) is 5.45. The number of hydrogen-bond acceptors (Lipinski definition) is 5. The van der Waals surface area contributed by atoms with Crippen molar-refractivity contribution in [1.82, 2.24) is 13.8 Å². The van der Waals surface area contributed by atoms with Crippen LogP contribution in [0.2, 0.25) is 0 Å². The van der Waals surface area contributed by atoms with Gasteiger partial charge in [0, 0.05) is 32.9 Å². The highest BCUT2D eigenvalue weighted by atomic mass is 32.2. The number of benzene rings is 1. The molecule has 0 bridgehead atoms. The van der Waals surface area contributed by atoms with Crippen LogP contribution in [0.4, 0.5) is 5.69 Å². The zero-order valence-corrected chi connectivity index (χ0v) is 20.0. The number of likely N-dealkylation sites (N-methyl/N-ethyl adjacent to an activating group) is 1. The van der Waals surface area contributed by atoms with E-state index in [1.54, 1.807) is 17.7 Å². The standard InChI is InChI=1S/C23H34N4O4S/c1-4-26(5-2)15-16-31-22-12-8-7-11-20(22)24-23(28)21-17-19(18-25(21)3)32(29,30)27-13-9-6-10-14-27/h7-8,11-12,17-18H,4-6,9-10,13-16H2,1-3H3,(H,24,28). The SMILES string of the molecule is CCN(CC)CCOc1ccccc1NC(=O)c1cc(S(=O)(=O)N2CCCCC2)cn1C. The van der Waals surface area contributed by atoms with Gasteiger partial charge in [0.25, 0.3) is 5.91 Å². The van der Waals surface area contributed by atoms with Crippen molar-refractivity contribution >= 4 is 21.6 Å². The molecule has 1 N–H and O–H groups in total. The summed E-state index contributed by atoms with van der Waals surface area (Å²) in [5.41, 5.74) is 0.831. The molecule has 1 amide bonds. The maximum Gasteiger partial charge on any atom is 0.272 e. The largest absolute Gasteiger partial charge is 0.490 e. The molecule has 32 heavy (non-hydrogen) atoms. The lowest BCUT2D eigenvalue weighted by atomic mass is 10.2. The topological polar surface area (TPSA) is 83.9 Å². The molecular weight excluding hydrogens is 428 g/mol. The predicted octanol–water partition coefficient (Wildman–Crippen LogP) is 3.17. The van der Waals surface area contributed by atoms with Gasteiger partial charge in [-0.1, -0.05) is 32.4 Å². The molecule has 0 atom stereocenters. The van der Waals surface area contributed by atoms with Gasteiger partial charge in [-0.3, -0.25) is 4.79 Å². The molecule has 2 aromatic rings. The van der Waals surface area contributed by atoms with Crippen molar-refractivity contribution in [2.45, 2.75) is 38.0 Å². The van der Waals surface area contributed by atoms with Crippen molar-refractivity contribution in [3.63, 3.8) is 0 Å². The minimum atomic E-state index is -3.60. The first-order valence-electron chi connectivity index (χ1n) is 11.3. The summed E-state index contributed by atoms with van der Waals surface area (Å²) in [7, 11) is -1.92. The summed E-state index contributed by atoms with van der Waals surface area (Å²) in [4.78, 5) is 15.4. The first-order valence-corrected chi connectivity index (χ1v) is 12.7. The molecule has 1 aromatic carbocycles. The van der Waals surface area contributed by atoms with Crippen LogP contribution in [-0.4, -0.2) is 67.4 Å². The number of nitrogens with zero attached hydrogens (tertiary/aromatic N) is 3. The van der Waals surface area contributed by atoms with E-state index in [0.717, 1.165) is 38.9 Å². The first-order chi connectivity index (χ1) is 15.4. The summed E-state index contributed by atoms with van der Waals surface area (Å²) in [6.45, 7) is 8.48. The third-order valence-corrected chi connectivity index (χ3v) is 7.72. The Labute approximate surface area is 191 Å². The number of anilines is 1. The molecule has 1 fully saturated rings. The average Bonchev–Trinajstić information content (AvgIpc) is 3.21. The second kappa shape index (κ2) is 11.0. The van der Waals surface area contributed by atoms with Crippen molar-refractivity contribution in [3.05, 3.63) is 42.2 Å². The van der Waals surface area contributed by atoms with Gasteiger partial charge in [0.1, 0.15) is 22.9 Å². The second-order valence-corrected chi connectivity index (χ2v) is 9.90. The number of carbonyl (C=O) groups is 1. The van der Waals surface area contributed by atoms with Crippen molar-refractivity contribution < 1.29 is 17.9 Å². The van der Waals surface area contributed by atoms with Crippen LogP contribution in [0.1, 0.15) is 43.6 Å². The molecular formula is C23H34N4O4S. The van der Waals surface area contributed by atoms with E-state index in [-0.39, 0.29) is 16.5 Å². The Kier molecular flexibility index (Phi) is 8.33. The maximum absolute atomic E-state index is 13.0. The Hall–Kier alpha value is -2.36. The van der Waals surface area contributed by atoms with Crippen LogP contribution in [0.25, 0.3) is 0 Å². The molecule has 1 aromatic heterocycles. The number of ether oxygens (including phenoxy) is 1. The molecule has 0 unspecified atom stereocenters. The quantitative estimate of drug-likeness (QED) is 0.586. The number of piperidine rings is 1. The molecule has 1 aliphatic rings. The molecule has 8 nitrogen and oxygen atoms in total. The molecule has 3 rings (SSSR count). The molecule has 9 heteroatoms. The fourth-order valence-electron chi connectivity index (χ4n) is 3.86. The van der Waals surface area contributed by atoms with Crippen molar-refractivity contribution in [2.24, 2.45) is 7.05 Å². The summed E-state index contributed by atoms with van der Waals surface area (Å²) >= 11 is 0. The van der Waals surface area contributed by atoms with Gasteiger partial charge in [-0.15, -0.1) is 0 Å². The molecule has 1 aliphatic heterocycles. The number of aromatic nitrogens is 1. The Morgan fingerprint density at radius 2 is 1.81 bits per heavy atom. The van der Waals surface area contributed by atoms with E-state index in [1.807, 2.05) is 18.2 Å². The van der Waals surface area contributed by atoms with Crippen molar-refractivity contribution in [3.8, 4) is 5.75 Å². The molecule has 176 valence electrons. The van der Waals surface area contributed by atoms with Gasteiger partial charge < -0.3 is 19.5 Å². The average molecular weight is 463 g/mol. The van der Waals surface area contributed by atoms with E-state index in [2.05, 4.69) is 24.1 Å². The lowest BCUT2D eigenvalue weighted by molar-refractivity contribution is 0.101. The summed E-state index contributed by atoms with van der Waals surface area (Å²) in [6.07, 6.45) is 4.28. The fraction of sp³-hybridized carbons (Fsp3) is 0.522. The highest BCUT2D eigenvalue weighted by Gasteiger charge is 2.28. The third kappa shape index (κ3) is 5.70. The van der Waals surface area contributed by atoms with Crippen LogP contribution in [-0.2, 0) is 17.1 Å². The van der Waals surface area contributed by atoms with Gasteiger partial charge >= 0.3 is 0 Å². The number of aryl methyl sites for hydroxylation is 1. The zero-order chi connectivity index (χ0) is 23.1. The normalized spacial score (nSPS) is 15.1. The molecule has 0 aliphatic carbocycles. The summed E-state index contributed by atoms with van der Waals surface area (Å²) in [6, 6.07) is 8.72. The molecule has 2 heterocycles. The Bertz CT molecular complexity index is 1010. The third-order valence-electron chi connectivity index (χ3n) is 5.86. The zero-order valence-electron chi connectivity index (χ0n) is 19.2. The van der Waals surface area contributed by atoms with E-state index in [4.69, 9.17) is 4.74 Å². The minimum absolute atomic E-state index is 0.149. The van der Waals surface area contributed by atoms with Crippen LogP contribution in [0.3, 0.4) is 0 Å². The van der Waals surface area contributed by atoms with E-state index in [9.17, 15) is 13.2 Å². The Balaban J connectivity index is 1.72. The van der Waals surface area contributed by atoms with Crippen molar-refractivity contribution in [2.75, 3.05) is 44.6 Å². The van der Waals surface area contributed by atoms with Gasteiger partial charge in [0.05, 0.1) is 5.69 Å². The van der Waals surface area contributed by atoms with Crippen LogP contribution in [0, 0.1) is 0 Å². The van der Waals surface area contributed by atoms with Crippen LogP contribution >= 0.6 is 0 Å². The summed E-state index contributed by atoms with van der Waals surface area (Å²) in [5, 5.41) is 2.87. The molecule has 1 saturated heterocycles. The summed E-state index contributed by atoms with van der Waals surface area (Å²) in [5.74, 6) is 0.204. The van der Waals surface area contributed by atoms with Crippen LogP contribution in [0.15, 0.2) is 41.4 Å². The highest BCUT2D eigenvalue weighted by Crippen LogP contribution is 2.26. The van der Waals surface area contributed by atoms with Gasteiger partial charge in [0.2, 0.25) is 10.0 Å². The second-order valence-electron chi connectivity index (χ2n) is 7.96. The molecule has 0 spiro atoms. The number of sulfonamides is 1. The highest BCUT2D eigenvalue weighted by molar-refractivity contribution is 7.89. The number of amides is 1. The lowest BCUT2D eigenvalue weighted by Crippen LogP contribution is -2.35. The summed E-state index contributed by atoms with van der Waals surface area (Å²) < 4.78 is 34.9. The predicted molar refractivity (Wildman–Crippen MR) is 126 cm³/mol. The van der Waals surface area contributed by atoms with Gasteiger partial charge in [-0.2, -0.15) is 4.31 Å². The van der Waals surface area contributed by atoms with Gasteiger partial charge in [0.15, 0.2) is 0 Å². The first kappa shape index (κ1) is 24.3. The van der Waals surface area contributed by atoms with E-state index >= 15 is 0 Å². The van der Waals surface area contributed by atoms with Crippen molar-refractivity contribution in [1.29, 1.82) is 0 Å². The monoisotopic (exact) mass is 462 g/mol. The number of hydrogen-bond donors (Lipinski definition) is 1. The lowest BCUT2D eigenvalue weighted by Gasteiger charge is -2.25. The Morgan fingerprint density at radius 1 is 1.12 bits per heavy atom. The minimum Gasteiger partial charge on any atom is -0.490 e. The molecule has 0 radical (unpaired) electrons. The van der Waals surface area contributed by atoms with Gasteiger partial charge in [-0.05, 0) is 44.1 Å². The van der Waals surface area contributed by atoms with E-state index in [1.165, 1.54) is 16.6 Å². The van der Waals surface area contributed by atoms with Gasteiger partial charge in [-0.25, -0.2) is 8.42 Å². The van der Waals surface area contributed by atoms with E-state index < -0.39 is 10.0 Å². The smallest absolute Gasteiger partial charge is 0.272 e. The number of carbonyl (C=O) groups excluding carboxylic acids is 1. The number of rotatable bonds is 10. The number of nitrogens with one attached hydrogen (secondary N) is 1. The van der Waals surface area contributed by atoms with Crippen LogP contribution in [0.5, 0.6) is 5.75 Å². The molecule has 0 saturated carbocycles. The van der Waals surface area contributed by atoms with E-state index in [0.29, 0.717) is 31.1 Å². The maximum atomic E-state index is 13.0. The number of para-hydroxylation sites is 2. The van der Waals surface area contributed by atoms with Crippen LogP contribution < -0.4 is 10.1 Å². The Morgan fingerprint density at radius 3 is 2.50 bits per heavy atom.